The molecular formula is C23H43IN8O. The molecule has 2 aliphatic heterocycles. The molecule has 188 valence electrons. The average molecular weight is 575 g/mol. The van der Waals surface area contributed by atoms with Crippen molar-refractivity contribution in [1.82, 2.24) is 35.2 Å². The van der Waals surface area contributed by atoms with Gasteiger partial charge in [0, 0.05) is 52.4 Å². The summed E-state index contributed by atoms with van der Waals surface area (Å²) in [4.78, 5) is 9.99. The first kappa shape index (κ1) is 26.6. The van der Waals surface area contributed by atoms with Gasteiger partial charge in [0.2, 0.25) is 0 Å². The summed E-state index contributed by atoms with van der Waals surface area (Å²) in [5.41, 5.74) is 0. The second-order valence-corrected chi connectivity index (χ2v) is 9.66. The highest BCUT2D eigenvalue weighted by Gasteiger charge is 2.26. The van der Waals surface area contributed by atoms with Gasteiger partial charge in [-0.2, -0.15) is 0 Å². The van der Waals surface area contributed by atoms with Crippen molar-refractivity contribution in [1.29, 1.82) is 0 Å². The maximum atomic E-state index is 5.45. The molecule has 2 saturated heterocycles. The molecule has 9 nitrogen and oxygen atoms in total. The molecule has 3 heterocycles. The van der Waals surface area contributed by atoms with E-state index in [0.29, 0.717) is 12.6 Å². The summed E-state index contributed by atoms with van der Waals surface area (Å²) >= 11 is 0. The second-order valence-electron chi connectivity index (χ2n) is 9.66. The fraction of sp³-hybridized carbons (Fsp3) is 0.870. The lowest BCUT2D eigenvalue weighted by Crippen LogP contribution is -2.46. The van der Waals surface area contributed by atoms with Gasteiger partial charge in [0.25, 0.3) is 0 Å². The van der Waals surface area contributed by atoms with Crippen molar-refractivity contribution >= 4 is 29.9 Å². The van der Waals surface area contributed by atoms with Gasteiger partial charge in [-0.25, -0.2) is 4.99 Å². The van der Waals surface area contributed by atoms with Crippen LogP contribution in [0.5, 0.6) is 0 Å². The Labute approximate surface area is 216 Å². The monoisotopic (exact) mass is 574 g/mol. The smallest absolute Gasteiger partial charge is 0.191 e. The normalized spacial score (nSPS) is 23.1. The van der Waals surface area contributed by atoms with Gasteiger partial charge in [0.1, 0.15) is 12.4 Å². The SMILES string of the molecule is Cc1nnc(CN=C(NCCCN2CCOCC2)NC2CCN(CC3CCCC3)C2)n1C.I. The Bertz CT molecular complexity index is 730. The number of aryl methyl sites for hydroxylation is 1. The molecule has 1 aromatic heterocycles. The van der Waals surface area contributed by atoms with Crippen molar-refractivity contribution in [2.75, 3.05) is 59.0 Å². The van der Waals surface area contributed by atoms with E-state index in [1.165, 1.54) is 45.2 Å². The van der Waals surface area contributed by atoms with E-state index < -0.39 is 0 Å². The molecule has 3 aliphatic rings. The first-order valence-electron chi connectivity index (χ1n) is 12.6. The number of hydrogen-bond acceptors (Lipinski definition) is 6. The molecular weight excluding hydrogens is 531 g/mol. The number of hydrogen-bond donors (Lipinski definition) is 2. The Morgan fingerprint density at radius 3 is 2.61 bits per heavy atom. The molecule has 3 fully saturated rings. The highest BCUT2D eigenvalue weighted by Crippen LogP contribution is 2.26. The maximum Gasteiger partial charge on any atom is 0.191 e. The van der Waals surface area contributed by atoms with Crippen molar-refractivity contribution in [3.05, 3.63) is 11.6 Å². The average Bonchev–Trinajstić information content (AvgIpc) is 3.55. The molecule has 0 aromatic carbocycles. The summed E-state index contributed by atoms with van der Waals surface area (Å²) in [5.74, 6) is 3.63. The zero-order valence-corrected chi connectivity index (χ0v) is 22.8. The van der Waals surface area contributed by atoms with Crippen LogP contribution < -0.4 is 10.6 Å². The largest absolute Gasteiger partial charge is 0.379 e. The predicted octanol–water partition coefficient (Wildman–Crippen LogP) is 1.76. The van der Waals surface area contributed by atoms with Crippen LogP contribution in [0.3, 0.4) is 0 Å². The number of morpholine rings is 1. The third-order valence-electron chi connectivity index (χ3n) is 7.21. The van der Waals surface area contributed by atoms with E-state index in [9.17, 15) is 0 Å². The standard InChI is InChI=1S/C23H42N8O.HI/c1-19-27-28-22(29(19)2)16-25-23(24-9-5-10-30-12-14-32-15-13-30)26-21-8-11-31(18-21)17-20-6-3-4-7-20;/h20-21H,3-18H2,1-2H3,(H2,24,25,26);1H. The lowest BCUT2D eigenvalue weighted by atomic mass is 10.1. The molecule has 1 aliphatic carbocycles. The third-order valence-corrected chi connectivity index (χ3v) is 7.21. The van der Waals surface area contributed by atoms with Crippen molar-refractivity contribution in [3.63, 3.8) is 0 Å². The van der Waals surface area contributed by atoms with Crippen molar-refractivity contribution in [2.24, 2.45) is 18.0 Å². The van der Waals surface area contributed by atoms with Gasteiger partial charge in [-0.15, -0.1) is 34.2 Å². The van der Waals surface area contributed by atoms with Crippen LogP contribution in [0.2, 0.25) is 0 Å². The molecule has 33 heavy (non-hydrogen) atoms. The zero-order valence-electron chi connectivity index (χ0n) is 20.5. The zero-order chi connectivity index (χ0) is 22.2. The summed E-state index contributed by atoms with van der Waals surface area (Å²) in [5, 5.41) is 15.7. The minimum Gasteiger partial charge on any atom is -0.379 e. The van der Waals surface area contributed by atoms with Gasteiger partial charge < -0.3 is 24.8 Å². The van der Waals surface area contributed by atoms with Crippen LogP contribution in [0.1, 0.15) is 50.2 Å². The fourth-order valence-corrected chi connectivity index (χ4v) is 5.09. The second kappa shape index (κ2) is 13.8. The molecule has 1 saturated carbocycles. The molecule has 1 aromatic rings. The van der Waals surface area contributed by atoms with Gasteiger partial charge in [-0.05, 0) is 45.1 Å². The molecule has 0 bridgehead atoms. The van der Waals surface area contributed by atoms with E-state index in [1.807, 2.05) is 18.5 Å². The Hall–Kier alpha value is -0.980. The topological polar surface area (TPSA) is 82.8 Å². The quantitative estimate of drug-likeness (QED) is 0.201. The Kier molecular flexibility index (Phi) is 11.1. The fourth-order valence-electron chi connectivity index (χ4n) is 5.09. The molecule has 0 spiro atoms. The predicted molar refractivity (Wildman–Crippen MR) is 142 cm³/mol. The van der Waals surface area contributed by atoms with Crippen LogP contribution in [0.15, 0.2) is 4.99 Å². The van der Waals surface area contributed by atoms with Gasteiger partial charge in [-0.1, -0.05) is 12.8 Å². The Morgan fingerprint density at radius 1 is 1.09 bits per heavy atom. The van der Waals surface area contributed by atoms with E-state index in [2.05, 4.69) is 30.6 Å². The van der Waals surface area contributed by atoms with Gasteiger partial charge in [0.05, 0.1) is 13.2 Å². The number of aliphatic imine (C=N–C) groups is 1. The molecule has 2 N–H and O–H groups in total. The van der Waals surface area contributed by atoms with Gasteiger partial charge in [-0.3, -0.25) is 4.90 Å². The summed E-state index contributed by atoms with van der Waals surface area (Å²) in [7, 11) is 2.00. The van der Waals surface area contributed by atoms with Crippen LogP contribution in [0, 0.1) is 12.8 Å². The number of nitrogens with one attached hydrogen (secondary N) is 2. The van der Waals surface area contributed by atoms with Crippen LogP contribution in [-0.4, -0.2) is 95.6 Å². The molecule has 0 radical (unpaired) electrons. The van der Waals surface area contributed by atoms with Crippen molar-refractivity contribution < 1.29 is 4.74 Å². The molecule has 10 heteroatoms. The summed E-state index contributed by atoms with van der Waals surface area (Å²) in [6.07, 6.45) is 7.97. The van der Waals surface area contributed by atoms with Gasteiger partial charge >= 0.3 is 0 Å². The molecule has 0 amide bonds. The van der Waals surface area contributed by atoms with Crippen LogP contribution >= 0.6 is 24.0 Å². The highest BCUT2D eigenvalue weighted by molar-refractivity contribution is 14.0. The highest BCUT2D eigenvalue weighted by atomic mass is 127. The number of nitrogens with zero attached hydrogens (tertiary/aromatic N) is 6. The van der Waals surface area contributed by atoms with E-state index in [1.54, 1.807) is 0 Å². The lowest BCUT2D eigenvalue weighted by Gasteiger charge is -2.26. The minimum atomic E-state index is 0. The van der Waals surface area contributed by atoms with Crippen molar-refractivity contribution in [3.8, 4) is 0 Å². The first-order valence-corrected chi connectivity index (χ1v) is 12.6. The van der Waals surface area contributed by atoms with Crippen molar-refractivity contribution in [2.45, 2.75) is 58.0 Å². The number of likely N-dealkylation sites (tertiary alicyclic amines) is 1. The summed E-state index contributed by atoms with van der Waals surface area (Å²) in [6.45, 7) is 11.9. The third kappa shape index (κ3) is 8.32. The molecule has 4 rings (SSSR count). The van der Waals surface area contributed by atoms with E-state index in [4.69, 9.17) is 9.73 Å². The van der Waals surface area contributed by atoms with Crippen LogP contribution in [0.4, 0.5) is 0 Å². The molecule has 1 atom stereocenters. The lowest BCUT2D eigenvalue weighted by molar-refractivity contribution is 0.0376. The first-order chi connectivity index (χ1) is 15.7. The van der Waals surface area contributed by atoms with E-state index in [-0.39, 0.29) is 24.0 Å². The van der Waals surface area contributed by atoms with Crippen LogP contribution in [0.25, 0.3) is 0 Å². The Balaban J connectivity index is 0.00000306. The van der Waals surface area contributed by atoms with Crippen LogP contribution in [-0.2, 0) is 18.3 Å². The Morgan fingerprint density at radius 2 is 1.88 bits per heavy atom. The number of halogens is 1. The number of guanidine groups is 1. The minimum absolute atomic E-state index is 0. The maximum absolute atomic E-state index is 5.45. The van der Waals surface area contributed by atoms with Gasteiger partial charge in [0.15, 0.2) is 11.8 Å². The van der Waals surface area contributed by atoms with E-state index in [0.717, 1.165) is 75.9 Å². The number of ether oxygens (including phenoxy) is 1. The number of aromatic nitrogens is 3. The summed E-state index contributed by atoms with van der Waals surface area (Å²) < 4.78 is 7.46. The summed E-state index contributed by atoms with van der Waals surface area (Å²) in [6, 6.07) is 0.461. The number of rotatable bonds is 9. The van der Waals surface area contributed by atoms with E-state index >= 15 is 0 Å². The molecule has 1 unspecified atom stereocenters.